The van der Waals surface area contributed by atoms with Crippen molar-refractivity contribution in [2.24, 2.45) is 11.7 Å². The molecule has 0 aromatic rings. The Labute approximate surface area is 110 Å². The summed E-state index contributed by atoms with van der Waals surface area (Å²) in [6, 6.07) is 0.286. The molecular weight excluding hydrogens is 228 g/mol. The lowest BCUT2D eigenvalue weighted by Gasteiger charge is -2.39. The van der Waals surface area contributed by atoms with Crippen LogP contribution in [0.25, 0.3) is 0 Å². The Kier molecular flexibility index (Phi) is 5.01. The minimum Gasteiger partial charge on any atom is -0.378 e. The third-order valence-corrected chi connectivity index (χ3v) is 4.28. The summed E-state index contributed by atoms with van der Waals surface area (Å²) in [5.74, 6) is 0.847. The molecule has 2 N–H and O–H groups in total. The van der Waals surface area contributed by atoms with Gasteiger partial charge in [-0.25, -0.2) is 0 Å². The van der Waals surface area contributed by atoms with Crippen molar-refractivity contribution < 1.29 is 9.53 Å². The van der Waals surface area contributed by atoms with E-state index in [1.54, 1.807) is 0 Å². The van der Waals surface area contributed by atoms with E-state index in [4.69, 9.17) is 10.5 Å². The number of rotatable bonds is 5. The van der Waals surface area contributed by atoms with Gasteiger partial charge in [-0.2, -0.15) is 0 Å². The maximum Gasteiger partial charge on any atom is 0.223 e. The third kappa shape index (κ3) is 3.23. The Hall–Kier alpha value is -0.610. The van der Waals surface area contributed by atoms with Crippen molar-refractivity contribution in [1.82, 2.24) is 4.90 Å². The number of likely N-dealkylation sites (tertiary alicyclic amines) is 1. The van der Waals surface area contributed by atoms with Crippen LogP contribution in [-0.4, -0.2) is 42.6 Å². The summed E-state index contributed by atoms with van der Waals surface area (Å²) >= 11 is 0. The molecule has 1 saturated heterocycles. The van der Waals surface area contributed by atoms with Gasteiger partial charge in [0.25, 0.3) is 0 Å². The summed E-state index contributed by atoms with van der Waals surface area (Å²) in [4.78, 5) is 14.3. The number of carbonyl (C=O) groups excluding carboxylic acids is 1. The fourth-order valence-electron chi connectivity index (χ4n) is 3.15. The SMILES string of the molecule is CCOC1CC(CC(=O)N2CCCCC2CN)C1. The standard InChI is InChI=1S/C14H26N2O2/c1-2-18-13-7-11(8-13)9-14(17)16-6-4-3-5-12(16)10-15/h11-13H,2-10,15H2,1H3. The van der Waals surface area contributed by atoms with E-state index in [2.05, 4.69) is 0 Å². The minimum absolute atomic E-state index is 0.286. The predicted molar refractivity (Wildman–Crippen MR) is 71.2 cm³/mol. The van der Waals surface area contributed by atoms with Crippen molar-refractivity contribution in [3.8, 4) is 0 Å². The number of amides is 1. The smallest absolute Gasteiger partial charge is 0.223 e. The molecule has 1 aliphatic carbocycles. The van der Waals surface area contributed by atoms with Crippen LogP contribution in [-0.2, 0) is 9.53 Å². The minimum atomic E-state index is 0.286. The van der Waals surface area contributed by atoms with Gasteiger partial charge in [0.2, 0.25) is 5.91 Å². The van der Waals surface area contributed by atoms with Gasteiger partial charge in [0.15, 0.2) is 0 Å². The van der Waals surface area contributed by atoms with E-state index in [1.807, 2.05) is 11.8 Å². The summed E-state index contributed by atoms with van der Waals surface area (Å²) in [5.41, 5.74) is 5.76. The number of piperidine rings is 1. The largest absolute Gasteiger partial charge is 0.378 e. The highest BCUT2D eigenvalue weighted by atomic mass is 16.5. The van der Waals surface area contributed by atoms with Gasteiger partial charge >= 0.3 is 0 Å². The first-order valence-electron chi connectivity index (χ1n) is 7.35. The van der Waals surface area contributed by atoms with Crippen LogP contribution in [0.2, 0.25) is 0 Å². The number of nitrogens with two attached hydrogens (primary N) is 1. The summed E-state index contributed by atoms with van der Waals surface area (Å²) in [7, 11) is 0. The zero-order valence-corrected chi connectivity index (χ0v) is 11.4. The third-order valence-electron chi connectivity index (χ3n) is 4.28. The average Bonchev–Trinajstić information content (AvgIpc) is 2.36. The Morgan fingerprint density at radius 2 is 2.17 bits per heavy atom. The molecule has 0 aromatic heterocycles. The number of hydrogen-bond acceptors (Lipinski definition) is 3. The molecule has 2 rings (SSSR count). The van der Waals surface area contributed by atoms with E-state index in [-0.39, 0.29) is 6.04 Å². The normalized spacial score (nSPS) is 32.1. The monoisotopic (exact) mass is 254 g/mol. The van der Waals surface area contributed by atoms with Gasteiger partial charge in [-0.3, -0.25) is 4.79 Å². The van der Waals surface area contributed by atoms with Gasteiger partial charge in [0.1, 0.15) is 0 Å². The first kappa shape index (κ1) is 13.8. The average molecular weight is 254 g/mol. The van der Waals surface area contributed by atoms with Crippen LogP contribution in [0, 0.1) is 5.92 Å². The molecular formula is C14H26N2O2. The Morgan fingerprint density at radius 3 is 2.83 bits per heavy atom. The van der Waals surface area contributed by atoms with Gasteiger partial charge in [0.05, 0.1) is 6.10 Å². The molecule has 1 amide bonds. The Morgan fingerprint density at radius 1 is 1.39 bits per heavy atom. The molecule has 18 heavy (non-hydrogen) atoms. The number of hydrogen-bond donors (Lipinski definition) is 1. The highest BCUT2D eigenvalue weighted by Gasteiger charge is 2.34. The topological polar surface area (TPSA) is 55.6 Å². The maximum absolute atomic E-state index is 12.3. The fourth-order valence-corrected chi connectivity index (χ4v) is 3.15. The quantitative estimate of drug-likeness (QED) is 0.809. The van der Waals surface area contributed by atoms with Crippen molar-refractivity contribution in [2.75, 3.05) is 19.7 Å². The molecule has 1 saturated carbocycles. The van der Waals surface area contributed by atoms with Crippen LogP contribution in [0.5, 0.6) is 0 Å². The molecule has 0 spiro atoms. The van der Waals surface area contributed by atoms with Gasteiger partial charge in [-0.05, 0) is 44.9 Å². The number of nitrogens with zero attached hydrogens (tertiary/aromatic N) is 1. The number of ether oxygens (including phenoxy) is 1. The second-order valence-corrected chi connectivity index (χ2v) is 5.59. The van der Waals surface area contributed by atoms with Crippen molar-refractivity contribution >= 4 is 5.91 Å². The lowest BCUT2D eigenvalue weighted by molar-refractivity contribution is -0.137. The first-order valence-corrected chi connectivity index (χ1v) is 7.35. The molecule has 1 aliphatic heterocycles. The lowest BCUT2D eigenvalue weighted by Crippen LogP contribution is -2.48. The molecule has 0 radical (unpaired) electrons. The van der Waals surface area contributed by atoms with Crippen LogP contribution >= 0.6 is 0 Å². The number of carbonyl (C=O) groups is 1. The van der Waals surface area contributed by atoms with E-state index in [0.717, 1.165) is 38.8 Å². The summed E-state index contributed by atoms with van der Waals surface area (Å²) in [5, 5.41) is 0. The summed E-state index contributed by atoms with van der Waals surface area (Å²) in [6.07, 6.45) is 6.63. The van der Waals surface area contributed by atoms with Crippen molar-refractivity contribution in [3.05, 3.63) is 0 Å². The highest BCUT2D eigenvalue weighted by molar-refractivity contribution is 5.77. The van der Waals surface area contributed by atoms with E-state index >= 15 is 0 Å². The van der Waals surface area contributed by atoms with Crippen LogP contribution in [0.15, 0.2) is 0 Å². The van der Waals surface area contributed by atoms with Gasteiger partial charge in [-0.15, -0.1) is 0 Å². The van der Waals surface area contributed by atoms with E-state index in [1.165, 1.54) is 6.42 Å². The summed E-state index contributed by atoms with van der Waals surface area (Å²) < 4.78 is 5.53. The van der Waals surface area contributed by atoms with E-state index < -0.39 is 0 Å². The van der Waals surface area contributed by atoms with E-state index in [0.29, 0.717) is 30.9 Å². The van der Waals surface area contributed by atoms with Crippen LogP contribution in [0.4, 0.5) is 0 Å². The van der Waals surface area contributed by atoms with Crippen LogP contribution < -0.4 is 5.73 Å². The zero-order valence-electron chi connectivity index (χ0n) is 11.4. The Bertz CT molecular complexity index is 277. The maximum atomic E-state index is 12.3. The van der Waals surface area contributed by atoms with E-state index in [9.17, 15) is 4.79 Å². The fraction of sp³-hybridized carbons (Fsp3) is 0.929. The van der Waals surface area contributed by atoms with Crippen LogP contribution in [0.3, 0.4) is 0 Å². The van der Waals surface area contributed by atoms with Crippen molar-refractivity contribution in [2.45, 2.75) is 57.6 Å². The molecule has 2 aliphatic rings. The van der Waals surface area contributed by atoms with Crippen molar-refractivity contribution in [3.63, 3.8) is 0 Å². The molecule has 4 nitrogen and oxygen atoms in total. The second kappa shape index (κ2) is 6.53. The molecule has 0 aromatic carbocycles. The van der Waals surface area contributed by atoms with Gasteiger partial charge in [-0.1, -0.05) is 0 Å². The molecule has 2 fully saturated rings. The Balaban J connectivity index is 1.74. The lowest BCUT2D eigenvalue weighted by atomic mass is 9.79. The van der Waals surface area contributed by atoms with Crippen molar-refractivity contribution in [1.29, 1.82) is 0 Å². The first-order chi connectivity index (χ1) is 8.74. The van der Waals surface area contributed by atoms with Crippen LogP contribution in [0.1, 0.15) is 45.4 Å². The zero-order chi connectivity index (χ0) is 13.0. The highest BCUT2D eigenvalue weighted by Crippen LogP contribution is 2.33. The van der Waals surface area contributed by atoms with Gasteiger partial charge < -0.3 is 15.4 Å². The molecule has 1 unspecified atom stereocenters. The molecule has 104 valence electrons. The summed E-state index contributed by atoms with van der Waals surface area (Å²) in [6.45, 7) is 4.32. The molecule has 0 bridgehead atoms. The molecule has 1 heterocycles. The second-order valence-electron chi connectivity index (χ2n) is 5.59. The molecule has 1 atom stereocenters. The predicted octanol–water partition coefficient (Wildman–Crippen LogP) is 1.53. The van der Waals surface area contributed by atoms with Gasteiger partial charge in [0, 0.05) is 32.2 Å². The molecule has 4 heteroatoms.